The number of carbonyl (C=O) groups is 2. The summed E-state index contributed by atoms with van der Waals surface area (Å²) < 4.78 is 24.7. The Morgan fingerprint density at radius 1 is 1.11 bits per heavy atom. The summed E-state index contributed by atoms with van der Waals surface area (Å²) in [6.45, 7) is 4.22. The number of rotatable bonds is 6. The lowest BCUT2D eigenvalue weighted by Crippen LogP contribution is -2.53. The van der Waals surface area contributed by atoms with Crippen molar-refractivity contribution in [2.75, 3.05) is 31.5 Å². The number of halogens is 2. The first-order valence-electron chi connectivity index (χ1n) is 8.86. The van der Waals surface area contributed by atoms with Gasteiger partial charge in [0.25, 0.3) is 11.7 Å². The van der Waals surface area contributed by atoms with E-state index in [1.165, 1.54) is 11.3 Å². The molecule has 1 aromatic carbocycles. The van der Waals surface area contributed by atoms with Crippen molar-refractivity contribution in [2.45, 2.75) is 23.6 Å². The normalized spacial score (nSPS) is 16.2. The number of amides is 2. The Kier molecular flexibility index (Phi) is 7.03. The van der Waals surface area contributed by atoms with Crippen LogP contribution in [0.5, 0.6) is 0 Å². The molecule has 0 saturated carbocycles. The predicted molar refractivity (Wildman–Crippen MR) is 108 cm³/mol. The number of nitrogens with one attached hydrogen (secondary N) is 1. The fourth-order valence-corrected chi connectivity index (χ4v) is 4.19. The molecule has 1 unspecified atom stereocenters. The smallest absolute Gasteiger partial charge is 0.288 e. The summed E-state index contributed by atoms with van der Waals surface area (Å²) >= 11 is 1.90. The van der Waals surface area contributed by atoms with Gasteiger partial charge in [-0.05, 0) is 42.6 Å². The standard InChI is InChI=1S/C19H21F2N3O2S2/c1-13(17(25)22-14-4-6-15(7-5-14)28-19(20)21)23-8-10-24(11-9-23)18(26)16-3-2-12-27-16/h2-7,12-13,19H,8-11H2,1H3,(H,22,25). The van der Waals surface area contributed by atoms with Gasteiger partial charge in [0.2, 0.25) is 5.91 Å². The molecule has 0 bridgehead atoms. The van der Waals surface area contributed by atoms with Crippen LogP contribution in [0.25, 0.3) is 0 Å². The minimum Gasteiger partial charge on any atom is -0.335 e. The fourth-order valence-electron chi connectivity index (χ4n) is 3.00. The maximum absolute atomic E-state index is 12.5. The number of alkyl halides is 2. The van der Waals surface area contributed by atoms with Crippen molar-refractivity contribution in [1.29, 1.82) is 0 Å². The fraction of sp³-hybridized carbons (Fsp3) is 0.368. The van der Waals surface area contributed by atoms with E-state index in [2.05, 4.69) is 5.32 Å². The van der Waals surface area contributed by atoms with E-state index in [0.29, 0.717) is 48.5 Å². The van der Waals surface area contributed by atoms with Gasteiger partial charge in [-0.15, -0.1) is 11.3 Å². The van der Waals surface area contributed by atoms with Crippen LogP contribution < -0.4 is 5.32 Å². The molecular formula is C19H21F2N3O2S2. The number of hydrogen-bond acceptors (Lipinski definition) is 5. The second kappa shape index (κ2) is 9.49. The lowest BCUT2D eigenvalue weighted by atomic mass is 10.2. The van der Waals surface area contributed by atoms with E-state index in [9.17, 15) is 18.4 Å². The van der Waals surface area contributed by atoms with Gasteiger partial charge in [0, 0.05) is 36.8 Å². The number of thioether (sulfide) groups is 1. The van der Waals surface area contributed by atoms with E-state index in [1.54, 1.807) is 24.3 Å². The van der Waals surface area contributed by atoms with Crippen LogP contribution in [0.3, 0.4) is 0 Å². The molecule has 1 aliphatic heterocycles. The maximum atomic E-state index is 12.5. The average Bonchev–Trinajstić information content (AvgIpc) is 3.23. The van der Waals surface area contributed by atoms with Crippen LogP contribution in [0.2, 0.25) is 0 Å². The zero-order chi connectivity index (χ0) is 20.1. The molecular weight excluding hydrogens is 404 g/mol. The highest BCUT2D eigenvalue weighted by Crippen LogP contribution is 2.26. The van der Waals surface area contributed by atoms with Crippen molar-refractivity contribution in [3.63, 3.8) is 0 Å². The van der Waals surface area contributed by atoms with Crippen LogP contribution in [0.4, 0.5) is 14.5 Å². The van der Waals surface area contributed by atoms with Crippen LogP contribution in [0.15, 0.2) is 46.7 Å². The monoisotopic (exact) mass is 425 g/mol. The minimum atomic E-state index is -2.47. The van der Waals surface area contributed by atoms with E-state index >= 15 is 0 Å². The lowest BCUT2D eigenvalue weighted by molar-refractivity contribution is -0.121. The molecule has 2 heterocycles. The van der Waals surface area contributed by atoms with Gasteiger partial charge in [0.05, 0.1) is 10.9 Å². The van der Waals surface area contributed by atoms with Gasteiger partial charge >= 0.3 is 0 Å². The Hall–Kier alpha value is -1.97. The molecule has 9 heteroatoms. The van der Waals surface area contributed by atoms with Crippen molar-refractivity contribution < 1.29 is 18.4 Å². The van der Waals surface area contributed by atoms with Crippen molar-refractivity contribution in [3.8, 4) is 0 Å². The first-order chi connectivity index (χ1) is 13.4. The van der Waals surface area contributed by atoms with Gasteiger partial charge in [0.15, 0.2) is 0 Å². The van der Waals surface area contributed by atoms with E-state index in [-0.39, 0.29) is 17.9 Å². The molecule has 1 saturated heterocycles. The molecule has 0 aliphatic carbocycles. The van der Waals surface area contributed by atoms with Gasteiger partial charge in [-0.25, -0.2) is 0 Å². The third-order valence-electron chi connectivity index (χ3n) is 4.61. The third kappa shape index (κ3) is 5.30. The molecule has 5 nitrogen and oxygen atoms in total. The lowest BCUT2D eigenvalue weighted by Gasteiger charge is -2.37. The zero-order valence-electron chi connectivity index (χ0n) is 15.3. The van der Waals surface area contributed by atoms with Gasteiger partial charge in [0.1, 0.15) is 0 Å². The molecule has 1 N–H and O–H groups in total. The number of anilines is 1. The number of piperazine rings is 1. The Morgan fingerprint density at radius 2 is 1.79 bits per heavy atom. The zero-order valence-corrected chi connectivity index (χ0v) is 16.9. The third-order valence-corrected chi connectivity index (χ3v) is 6.19. The molecule has 1 aliphatic rings. The van der Waals surface area contributed by atoms with Crippen LogP contribution >= 0.6 is 23.1 Å². The summed E-state index contributed by atoms with van der Waals surface area (Å²) in [5.74, 6) is -2.59. The van der Waals surface area contributed by atoms with Crippen LogP contribution in [0, 0.1) is 0 Å². The van der Waals surface area contributed by atoms with Gasteiger partial charge in [-0.1, -0.05) is 17.8 Å². The number of nitrogens with zero attached hydrogens (tertiary/aromatic N) is 2. The van der Waals surface area contributed by atoms with Crippen LogP contribution in [-0.4, -0.2) is 59.6 Å². The summed E-state index contributed by atoms with van der Waals surface area (Å²) in [5, 5.41) is 4.70. The van der Waals surface area contributed by atoms with Gasteiger partial charge in [-0.3, -0.25) is 14.5 Å². The molecule has 0 radical (unpaired) electrons. The first-order valence-corrected chi connectivity index (χ1v) is 10.6. The highest BCUT2D eigenvalue weighted by molar-refractivity contribution is 7.99. The van der Waals surface area contributed by atoms with Crippen molar-refractivity contribution in [1.82, 2.24) is 9.80 Å². The molecule has 28 heavy (non-hydrogen) atoms. The van der Waals surface area contributed by atoms with Crippen molar-refractivity contribution in [2.24, 2.45) is 0 Å². The predicted octanol–water partition coefficient (Wildman–Crippen LogP) is 3.85. The van der Waals surface area contributed by atoms with Crippen molar-refractivity contribution in [3.05, 3.63) is 46.7 Å². The summed E-state index contributed by atoms with van der Waals surface area (Å²) in [6.07, 6.45) is 0. The Morgan fingerprint density at radius 3 is 2.36 bits per heavy atom. The van der Waals surface area contributed by atoms with Crippen LogP contribution in [0.1, 0.15) is 16.6 Å². The van der Waals surface area contributed by atoms with E-state index < -0.39 is 5.76 Å². The summed E-state index contributed by atoms with van der Waals surface area (Å²) in [6, 6.07) is 9.69. The Labute approximate surface area is 170 Å². The molecule has 1 fully saturated rings. The average molecular weight is 426 g/mol. The molecule has 2 amide bonds. The summed E-state index contributed by atoms with van der Waals surface area (Å²) in [5.41, 5.74) is 0.571. The second-order valence-electron chi connectivity index (χ2n) is 6.37. The molecule has 0 spiro atoms. The first kappa shape index (κ1) is 20.8. The Bertz CT molecular complexity index is 792. The molecule has 2 aromatic rings. The maximum Gasteiger partial charge on any atom is 0.288 e. The van der Waals surface area contributed by atoms with Gasteiger partial charge in [-0.2, -0.15) is 8.78 Å². The minimum absolute atomic E-state index is 0.0357. The second-order valence-corrected chi connectivity index (χ2v) is 8.38. The van der Waals surface area contributed by atoms with E-state index in [1.807, 2.05) is 34.2 Å². The number of carbonyl (C=O) groups excluding carboxylic acids is 2. The molecule has 1 atom stereocenters. The number of benzene rings is 1. The Balaban J connectivity index is 1.49. The molecule has 3 rings (SSSR count). The highest BCUT2D eigenvalue weighted by Gasteiger charge is 2.28. The van der Waals surface area contributed by atoms with Crippen LogP contribution in [-0.2, 0) is 4.79 Å². The number of hydrogen-bond donors (Lipinski definition) is 1. The SMILES string of the molecule is CC(C(=O)Nc1ccc(SC(F)F)cc1)N1CCN(C(=O)c2cccs2)CC1. The molecule has 1 aromatic heterocycles. The molecule has 150 valence electrons. The van der Waals surface area contributed by atoms with E-state index in [0.717, 1.165) is 4.88 Å². The van der Waals surface area contributed by atoms with Crippen molar-refractivity contribution >= 4 is 40.6 Å². The largest absolute Gasteiger partial charge is 0.335 e. The van der Waals surface area contributed by atoms with E-state index in [4.69, 9.17) is 0 Å². The van der Waals surface area contributed by atoms with Gasteiger partial charge < -0.3 is 10.2 Å². The quantitative estimate of drug-likeness (QED) is 0.715. The summed E-state index contributed by atoms with van der Waals surface area (Å²) in [4.78, 5) is 29.9. The topological polar surface area (TPSA) is 52.7 Å². The number of thiophene rings is 1. The summed E-state index contributed by atoms with van der Waals surface area (Å²) in [7, 11) is 0. The highest BCUT2D eigenvalue weighted by atomic mass is 32.2.